The lowest BCUT2D eigenvalue weighted by Crippen LogP contribution is -2.13. The maximum Gasteiger partial charge on any atom is 0.263 e. The Morgan fingerprint density at radius 2 is 1.90 bits per heavy atom. The van der Waals surface area contributed by atoms with E-state index in [0.717, 1.165) is 11.3 Å². The summed E-state index contributed by atoms with van der Waals surface area (Å²) >= 11 is 1.05. The molecular weight excluding hydrogens is 312 g/mol. The number of carbonyl (C=O) groups excluding carboxylic acids is 1. The van der Waals surface area contributed by atoms with E-state index in [1.54, 1.807) is 31.2 Å². The molecule has 0 saturated heterocycles. The van der Waals surface area contributed by atoms with Gasteiger partial charge < -0.3 is 10.5 Å². The van der Waals surface area contributed by atoms with Crippen molar-refractivity contribution in [2.24, 2.45) is 5.73 Å². The Kier molecular flexibility index (Phi) is 4.19. The van der Waals surface area contributed by atoms with Crippen LogP contribution in [0.5, 0.6) is 5.75 Å². The molecule has 0 fully saturated rings. The van der Waals surface area contributed by atoms with Gasteiger partial charge in [-0.05, 0) is 37.3 Å². The van der Waals surface area contributed by atoms with Crippen LogP contribution in [0.25, 0.3) is 0 Å². The number of amides is 1. The van der Waals surface area contributed by atoms with Crippen LogP contribution in [0.2, 0.25) is 0 Å². The molecule has 0 aliphatic heterocycles. The fraction of sp³-hybridized carbons (Fsp3) is 0.154. The standard InChI is InChI=1S/C13H14N2O4S2/c1-8-12(7-11(20-8)13(14)16)21(17,18)15-9-3-5-10(19-2)6-4-9/h3-7,15H,1-2H3,(H2,14,16). The monoisotopic (exact) mass is 326 g/mol. The van der Waals surface area contributed by atoms with Crippen LogP contribution in [-0.2, 0) is 10.0 Å². The van der Waals surface area contributed by atoms with Gasteiger partial charge in [0.05, 0.1) is 12.0 Å². The highest BCUT2D eigenvalue weighted by molar-refractivity contribution is 7.93. The van der Waals surface area contributed by atoms with Gasteiger partial charge >= 0.3 is 0 Å². The van der Waals surface area contributed by atoms with Crippen LogP contribution in [0.3, 0.4) is 0 Å². The average molecular weight is 326 g/mol. The number of benzene rings is 1. The number of primary amides is 1. The van der Waals surface area contributed by atoms with Crippen LogP contribution in [0.1, 0.15) is 14.5 Å². The summed E-state index contributed by atoms with van der Waals surface area (Å²) in [6, 6.07) is 7.76. The molecule has 0 aliphatic rings. The van der Waals surface area contributed by atoms with Gasteiger partial charge in [-0.3, -0.25) is 9.52 Å². The van der Waals surface area contributed by atoms with Crippen molar-refractivity contribution in [3.63, 3.8) is 0 Å². The van der Waals surface area contributed by atoms with Crippen molar-refractivity contribution in [2.45, 2.75) is 11.8 Å². The second-order valence-corrected chi connectivity index (χ2v) is 7.14. The van der Waals surface area contributed by atoms with Crippen LogP contribution in [-0.4, -0.2) is 21.4 Å². The Bertz CT molecular complexity index is 764. The van der Waals surface area contributed by atoms with E-state index in [9.17, 15) is 13.2 Å². The maximum absolute atomic E-state index is 12.3. The van der Waals surface area contributed by atoms with Crippen LogP contribution in [0.4, 0.5) is 5.69 Å². The molecule has 1 aromatic carbocycles. The minimum atomic E-state index is -3.76. The normalized spacial score (nSPS) is 11.1. The minimum absolute atomic E-state index is 0.0529. The van der Waals surface area contributed by atoms with Crippen molar-refractivity contribution in [1.82, 2.24) is 0 Å². The fourth-order valence-corrected chi connectivity index (χ4v) is 4.23. The molecule has 112 valence electrons. The van der Waals surface area contributed by atoms with Gasteiger partial charge in [-0.15, -0.1) is 11.3 Å². The van der Waals surface area contributed by atoms with Crippen LogP contribution in [0.15, 0.2) is 35.2 Å². The number of nitrogens with one attached hydrogen (secondary N) is 1. The highest BCUT2D eigenvalue weighted by Crippen LogP contribution is 2.27. The Morgan fingerprint density at radius 3 is 2.38 bits per heavy atom. The van der Waals surface area contributed by atoms with Crippen molar-refractivity contribution in [3.8, 4) is 5.75 Å². The van der Waals surface area contributed by atoms with Crippen molar-refractivity contribution in [3.05, 3.63) is 40.1 Å². The highest BCUT2D eigenvalue weighted by Gasteiger charge is 2.21. The third kappa shape index (κ3) is 3.34. The van der Waals surface area contributed by atoms with Gasteiger partial charge in [0, 0.05) is 10.6 Å². The third-order valence-electron chi connectivity index (χ3n) is 2.75. The van der Waals surface area contributed by atoms with E-state index in [0.29, 0.717) is 16.3 Å². The summed E-state index contributed by atoms with van der Waals surface area (Å²) in [6.07, 6.45) is 0. The van der Waals surface area contributed by atoms with E-state index in [1.165, 1.54) is 13.2 Å². The van der Waals surface area contributed by atoms with Gasteiger partial charge in [0.15, 0.2) is 0 Å². The molecule has 0 aliphatic carbocycles. The number of methoxy groups -OCH3 is 1. The van der Waals surface area contributed by atoms with Crippen LogP contribution in [0, 0.1) is 6.92 Å². The van der Waals surface area contributed by atoms with E-state index in [-0.39, 0.29) is 9.77 Å². The highest BCUT2D eigenvalue weighted by atomic mass is 32.2. The Labute approximate surface area is 126 Å². The molecule has 2 rings (SSSR count). The van der Waals surface area contributed by atoms with E-state index in [1.807, 2.05) is 0 Å². The SMILES string of the molecule is COc1ccc(NS(=O)(=O)c2cc(C(N)=O)sc2C)cc1. The zero-order valence-electron chi connectivity index (χ0n) is 11.4. The number of anilines is 1. The zero-order chi connectivity index (χ0) is 15.6. The number of hydrogen-bond acceptors (Lipinski definition) is 5. The van der Waals surface area contributed by atoms with E-state index >= 15 is 0 Å². The molecule has 0 bridgehead atoms. The summed E-state index contributed by atoms with van der Waals surface area (Å²) in [5, 5.41) is 0. The number of rotatable bonds is 5. The summed E-state index contributed by atoms with van der Waals surface area (Å²) in [7, 11) is -2.24. The molecule has 1 aromatic heterocycles. The van der Waals surface area contributed by atoms with Crippen molar-refractivity contribution < 1.29 is 17.9 Å². The first-order valence-electron chi connectivity index (χ1n) is 5.90. The second-order valence-electron chi connectivity index (χ2n) is 4.23. The largest absolute Gasteiger partial charge is 0.497 e. The van der Waals surface area contributed by atoms with Crippen LogP contribution >= 0.6 is 11.3 Å². The number of thiophene rings is 1. The van der Waals surface area contributed by atoms with Gasteiger partial charge in [0.2, 0.25) is 0 Å². The van der Waals surface area contributed by atoms with Crippen molar-refractivity contribution in [1.29, 1.82) is 0 Å². The molecule has 0 radical (unpaired) electrons. The third-order valence-corrected chi connectivity index (χ3v) is 5.45. The fourth-order valence-electron chi connectivity index (χ4n) is 1.72. The topological polar surface area (TPSA) is 98.5 Å². The number of sulfonamides is 1. The van der Waals surface area contributed by atoms with Crippen molar-refractivity contribution in [2.75, 3.05) is 11.8 Å². The predicted molar refractivity (Wildman–Crippen MR) is 81.4 cm³/mol. The van der Waals surface area contributed by atoms with Crippen LogP contribution < -0.4 is 15.2 Å². The Hall–Kier alpha value is -2.06. The molecule has 1 amide bonds. The lowest BCUT2D eigenvalue weighted by molar-refractivity contribution is 0.100. The molecule has 21 heavy (non-hydrogen) atoms. The first-order valence-corrected chi connectivity index (χ1v) is 8.20. The second kappa shape index (κ2) is 5.74. The van der Waals surface area contributed by atoms with E-state index in [2.05, 4.69) is 4.72 Å². The van der Waals surface area contributed by atoms with Gasteiger partial charge in [-0.2, -0.15) is 0 Å². The Balaban J connectivity index is 2.31. The smallest absolute Gasteiger partial charge is 0.263 e. The minimum Gasteiger partial charge on any atom is -0.497 e. The molecule has 0 saturated carbocycles. The summed E-state index contributed by atoms with van der Waals surface area (Å²) in [5.41, 5.74) is 5.57. The lowest BCUT2D eigenvalue weighted by Gasteiger charge is -2.08. The number of ether oxygens (including phenoxy) is 1. The average Bonchev–Trinajstić information content (AvgIpc) is 2.82. The number of nitrogens with two attached hydrogens (primary N) is 1. The quantitative estimate of drug-likeness (QED) is 0.877. The molecular formula is C13H14N2O4S2. The van der Waals surface area contributed by atoms with Gasteiger partial charge in [0.1, 0.15) is 10.6 Å². The Morgan fingerprint density at radius 1 is 1.29 bits per heavy atom. The van der Waals surface area contributed by atoms with E-state index < -0.39 is 15.9 Å². The molecule has 2 aromatic rings. The molecule has 3 N–H and O–H groups in total. The van der Waals surface area contributed by atoms with Crippen molar-refractivity contribution >= 4 is 33.0 Å². The maximum atomic E-state index is 12.3. The summed E-state index contributed by atoms with van der Waals surface area (Å²) in [5.74, 6) is -0.0188. The summed E-state index contributed by atoms with van der Waals surface area (Å²) in [6.45, 7) is 1.62. The molecule has 0 atom stereocenters. The molecule has 0 spiro atoms. The molecule has 8 heteroatoms. The summed E-state index contributed by atoms with van der Waals surface area (Å²) in [4.78, 5) is 11.9. The number of carbonyl (C=O) groups is 1. The van der Waals surface area contributed by atoms with Gasteiger partial charge in [-0.1, -0.05) is 0 Å². The number of hydrogen-bond donors (Lipinski definition) is 2. The predicted octanol–water partition coefficient (Wildman–Crippen LogP) is 1.96. The first kappa shape index (κ1) is 15.3. The number of aryl methyl sites for hydroxylation is 1. The first-order chi connectivity index (χ1) is 9.83. The molecule has 6 nitrogen and oxygen atoms in total. The van der Waals surface area contributed by atoms with Gasteiger partial charge in [-0.25, -0.2) is 8.42 Å². The van der Waals surface area contributed by atoms with E-state index in [4.69, 9.17) is 10.5 Å². The lowest BCUT2D eigenvalue weighted by atomic mass is 10.3. The van der Waals surface area contributed by atoms with Gasteiger partial charge in [0.25, 0.3) is 15.9 Å². The summed E-state index contributed by atoms with van der Waals surface area (Å²) < 4.78 is 32.1. The molecule has 0 unspecified atom stereocenters. The molecule has 1 heterocycles. The zero-order valence-corrected chi connectivity index (χ0v) is 13.0.